The van der Waals surface area contributed by atoms with Gasteiger partial charge >= 0.3 is 0 Å². The van der Waals surface area contributed by atoms with E-state index in [0.717, 1.165) is 18.4 Å². The highest BCUT2D eigenvalue weighted by Gasteiger charge is 2.17. The Kier molecular flexibility index (Phi) is 6.11. The Balaban J connectivity index is 2.66. The summed E-state index contributed by atoms with van der Waals surface area (Å²) in [6, 6.07) is 6.04. The van der Waals surface area contributed by atoms with Gasteiger partial charge in [0.1, 0.15) is 0 Å². The summed E-state index contributed by atoms with van der Waals surface area (Å²) >= 11 is 0. The molecule has 1 rings (SSSR count). The van der Waals surface area contributed by atoms with Crippen LogP contribution in [0.3, 0.4) is 0 Å². The van der Waals surface area contributed by atoms with Crippen LogP contribution in [0.15, 0.2) is 24.3 Å². The second-order valence-corrected chi connectivity index (χ2v) is 4.91. The monoisotopic (exact) mass is 279 g/mol. The summed E-state index contributed by atoms with van der Waals surface area (Å²) < 4.78 is 0. The number of nitrogens with two attached hydrogens (primary N) is 1. The Morgan fingerprint density at radius 2 is 2.15 bits per heavy atom. The summed E-state index contributed by atoms with van der Waals surface area (Å²) in [4.78, 5) is 22.3. The lowest BCUT2D eigenvalue weighted by Gasteiger charge is -2.17. The Bertz CT molecular complexity index is 476. The maximum absolute atomic E-state index is 12.0. The molecule has 1 aromatic rings. The van der Waals surface area contributed by atoms with Crippen LogP contribution in [0.4, 0.5) is 5.69 Å². The summed E-state index contributed by atoms with van der Waals surface area (Å²) in [6.45, 7) is 4.23. The fourth-order valence-electron chi connectivity index (χ4n) is 1.90. The van der Waals surface area contributed by atoms with Gasteiger partial charge in [-0.3, -0.25) is 14.9 Å². The molecular formula is C14H21N3O3. The third-order valence-corrected chi connectivity index (χ3v) is 3.23. The summed E-state index contributed by atoms with van der Waals surface area (Å²) in [5.74, 6) is -0.169. The molecule has 2 unspecified atom stereocenters. The normalized spacial score (nSPS) is 13.6. The second kappa shape index (κ2) is 7.59. The highest BCUT2D eigenvalue weighted by molar-refractivity contribution is 5.78. The highest BCUT2D eigenvalue weighted by Crippen LogP contribution is 2.19. The molecule has 6 nitrogen and oxygen atoms in total. The molecule has 0 fully saturated rings. The fourth-order valence-corrected chi connectivity index (χ4v) is 1.90. The van der Waals surface area contributed by atoms with Crippen molar-refractivity contribution in [3.63, 3.8) is 0 Å². The number of hydrogen-bond acceptors (Lipinski definition) is 4. The van der Waals surface area contributed by atoms with Crippen LogP contribution < -0.4 is 11.1 Å². The average molecular weight is 279 g/mol. The van der Waals surface area contributed by atoms with E-state index >= 15 is 0 Å². The van der Waals surface area contributed by atoms with E-state index in [9.17, 15) is 14.9 Å². The largest absolute Gasteiger partial charge is 0.349 e. The lowest BCUT2D eigenvalue weighted by molar-refractivity contribution is -0.384. The lowest BCUT2D eigenvalue weighted by Crippen LogP contribution is -2.31. The van der Waals surface area contributed by atoms with Crippen LogP contribution in [-0.4, -0.2) is 17.4 Å². The number of hydrogen-bond donors (Lipinski definition) is 2. The topological polar surface area (TPSA) is 98.3 Å². The molecule has 0 saturated heterocycles. The van der Waals surface area contributed by atoms with Crippen LogP contribution in [0.25, 0.3) is 0 Å². The number of nitro groups is 1. The Hall–Kier alpha value is -1.95. The minimum absolute atomic E-state index is 0.0276. The van der Waals surface area contributed by atoms with Crippen molar-refractivity contribution in [2.45, 2.75) is 32.7 Å². The van der Waals surface area contributed by atoms with Crippen LogP contribution in [0.2, 0.25) is 0 Å². The predicted octanol–water partition coefficient (Wildman–Crippen LogP) is 2.15. The minimum Gasteiger partial charge on any atom is -0.349 e. The van der Waals surface area contributed by atoms with Crippen LogP contribution >= 0.6 is 0 Å². The van der Waals surface area contributed by atoms with Gasteiger partial charge in [-0.05, 0) is 31.9 Å². The van der Waals surface area contributed by atoms with E-state index < -0.39 is 4.92 Å². The zero-order chi connectivity index (χ0) is 15.1. The molecule has 2 atom stereocenters. The quantitative estimate of drug-likeness (QED) is 0.590. The average Bonchev–Trinajstić information content (AvgIpc) is 2.44. The Morgan fingerprint density at radius 1 is 1.45 bits per heavy atom. The van der Waals surface area contributed by atoms with Gasteiger partial charge in [-0.1, -0.05) is 19.1 Å². The summed E-state index contributed by atoms with van der Waals surface area (Å²) in [6.07, 6.45) is 1.55. The number of amides is 1. The first-order chi connectivity index (χ1) is 9.45. The molecule has 20 heavy (non-hydrogen) atoms. The van der Waals surface area contributed by atoms with Crippen LogP contribution in [0.5, 0.6) is 0 Å². The zero-order valence-corrected chi connectivity index (χ0v) is 11.8. The molecule has 1 amide bonds. The molecule has 3 N–H and O–H groups in total. The first-order valence-corrected chi connectivity index (χ1v) is 6.70. The maximum atomic E-state index is 12.0. The van der Waals surface area contributed by atoms with E-state index in [1.807, 2.05) is 13.8 Å². The molecule has 110 valence electrons. The standard InChI is InChI=1S/C14H21N3O3/c1-10(5-4-8-15)14(18)16-11(2)12-6-3-7-13(9-12)17(19)20/h3,6-7,9-11H,4-5,8,15H2,1-2H3,(H,16,18). The molecule has 0 bridgehead atoms. The molecule has 0 radical (unpaired) electrons. The molecule has 0 aliphatic carbocycles. The smallest absolute Gasteiger partial charge is 0.269 e. The van der Waals surface area contributed by atoms with Gasteiger partial charge in [-0.2, -0.15) is 0 Å². The molecule has 0 heterocycles. The van der Waals surface area contributed by atoms with Crippen molar-refractivity contribution in [2.75, 3.05) is 6.54 Å². The number of carbonyl (C=O) groups is 1. The second-order valence-electron chi connectivity index (χ2n) is 4.91. The van der Waals surface area contributed by atoms with Crippen LogP contribution in [0, 0.1) is 16.0 Å². The van der Waals surface area contributed by atoms with Crippen molar-refractivity contribution in [1.82, 2.24) is 5.32 Å². The van der Waals surface area contributed by atoms with Crippen molar-refractivity contribution in [1.29, 1.82) is 0 Å². The van der Waals surface area contributed by atoms with Gasteiger partial charge in [0.15, 0.2) is 0 Å². The SMILES string of the molecule is CC(CCCN)C(=O)NC(C)c1cccc([N+](=O)[O-])c1. The molecule has 0 aliphatic heterocycles. The molecular weight excluding hydrogens is 258 g/mol. The molecule has 0 aliphatic rings. The lowest BCUT2D eigenvalue weighted by atomic mass is 10.0. The van der Waals surface area contributed by atoms with E-state index in [4.69, 9.17) is 5.73 Å². The summed E-state index contributed by atoms with van der Waals surface area (Å²) in [5.41, 5.74) is 6.17. The minimum atomic E-state index is -0.443. The Morgan fingerprint density at radius 3 is 2.75 bits per heavy atom. The van der Waals surface area contributed by atoms with Gasteiger partial charge in [0.05, 0.1) is 11.0 Å². The molecule has 0 aromatic heterocycles. The molecule has 1 aromatic carbocycles. The van der Waals surface area contributed by atoms with Crippen LogP contribution in [0.1, 0.15) is 38.3 Å². The van der Waals surface area contributed by atoms with Gasteiger partial charge in [-0.15, -0.1) is 0 Å². The highest BCUT2D eigenvalue weighted by atomic mass is 16.6. The van der Waals surface area contributed by atoms with Crippen molar-refractivity contribution in [3.05, 3.63) is 39.9 Å². The van der Waals surface area contributed by atoms with Crippen molar-refractivity contribution in [3.8, 4) is 0 Å². The van der Waals surface area contributed by atoms with Crippen molar-refractivity contribution in [2.24, 2.45) is 11.7 Å². The fraction of sp³-hybridized carbons (Fsp3) is 0.500. The van der Waals surface area contributed by atoms with Crippen molar-refractivity contribution >= 4 is 11.6 Å². The van der Waals surface area contributed by atoms with E-state index in [-0.39, 0.29) is 23.6 Å². The van der Waals surface area contributed by atoms with Gasteiger partial charge in [0.2, 0.25) is 5.91 Å². The predicted molar refractivity (Wildman–Crippen MR) is 77.1 cm³/mol. The number of nitrogens with zero attached hydrogens (tertiary/aromatic N) is 1. The van der Waals surface area contributed by atoms with Crippen molar-refractivity contribution < 1.29 is 9.72 Å². The third kappa shape index (κ3) is 4.62. The van der Waals surface area contributed by atoms with Gasteiger partial charge in [-0.25, -0.2) is 0 Å². The molecule has 0 spiro atoms. The third-order valence-electron chi connectivity index (χ3n) is 3.23. The first kappa shape index (κ1) is 16.1. The van der Waals surface area contributed by atoms with Gasteiger partial charge in [0.25, 0.3) is 5.69 Å². The Labute approximate surface area is 118 Å². The molecule has 6 heteroatoms. The van der Waals surface area contributed by atoms with Gasteiger partial charge < -0.3 is 11.1 Å². The number of nitro benzene ring substituents is 1. The summed E-state index contributed by atoms with van der Waals surface area (Å²) in [5, 5.41) is 13.6. The number of carbonyl (C=O) groups excluding carboxylic acids is 1. The van der Waals surface area contributed by atoms with E-state index in [1.165, 1.54) is 12.1 Å². The van der Waals surface area contributed by atoms with E-state index in [2.05, 4.69) is 5.32 Å². The van der Waals surface area contributed by atoms with E-state index in [1.54, 1.807) is 12.1 Å². The molecule has 0 saturated carbocycles. The summed E-state index contributed by atoms with van der Waals surface area (Å²) in [7, 11) is 0. The zero-order valence-electron chi connectivity index (χ0n) is 11.8. The number of benzene rings is 1. The number of nitrogens with one attached hydrogen (secondary N) is 1. The number of non-ortho nitro benzene ring substituents is 1. The van der Waals surface area contributed by atoms with Gasteiger partial charge in [0, 0.05) is 18.1 Å². The maximum Gasteiger partial charge on any atom is 0.269 e. The van der Waals surface area contributed by atoms with Crippen LogP contribution in [-0.2, 0) is 4.79 Å². The number of rotatable bonds is 7. The van der Waals surface area contributed by atoms with E-state index in [0.29, 0.717) is 6.54 Å². The first-order valence-electron chi connectivity index (χ1n) is 6.70.